The molecule has 13 heteroatoms. The molecule has 3 aromatic rings. The van der Waals surface area contributed by atoms with Gasteiger partial charge >= 0.3 is 24.4 Å². The van der Waals surface area contributed by atoms with Crippen molar-refractivity contribution >= 4 is 17.6 Å². The number of carbonyl (C=O) groups excluding carboxylic acids is 1. The van der Waals surface area contributed by atoms with Gasteiger partial charge in [0.2, 0.25) is 0 Å². The van der Waals surface area contributed by atoms with E-state index in [0.717, 1.165) is 30.1 Å². The normalized spacial score (nSPS) is 19.0. The lowest BCUT2D eigenvalue weighted by Crippen LogP contribution is -2.34. The maximum absolute atomic E-state index is 15.0. The number of rotatable bonds is 7. The van der Waals surface area contributed by atoms with Crippen molar-refractivity contribution in [3.8, 4) is 16.9 Å². The smallest absolute Gasteiger partial charge is 0.416 e. The summed E-state index contributed by atoms with van der Waals surface area (Å²) in [4.78, 5) is 25.6. The third kappa shape index (κ3) is 6.54. The second kappa shape index (κ2) is 12.3. The number of ether oxygens (including phenoxy) is 2. The van der Waals surface area contributed by atoms with Gasteiger partial charge in [0.15, 0.2) is 0 Å². The molecular formula is C33H28F7NO5. The van der Waals surface area contributed by atoms with Crippen molar-refractivity contribution in [2.75, 3.05) is 13.7 Å². The molecule has 1 N–H and O–H groups in total. The largest absolute Gasteiger partial charge is 0.496 e. The van der Waals surface area contributed by atoms with Crippen LogP contribution < -0.4 is 4.74 Å². The predicted molar refractivity (Wildman–Crippen MR) is 153 cm³/mol. The van der Waals surface area contributed by atoms with E-state index in [1.807, 2.05) is 0 Å². The number of benzene rings is 3. The van der Waals surface area contributed by atoms with E-state index in [4.69, 9.17) is 9.47 Å². The SMILES string of the molecule is COc1ccc(-c2ccc(C(=O)O)cc2F)cc1C1=C(CN2C(=O)O[C@H](c3cc(C(F)(F)F)cc(C(F)(F)F)c3)C2C)CCCC1. The number of amides is 1. The Hall–Kier alpha value is -4.55. The van der Waals surface area contributed by atoms with Gasteiger partial charge in [0.05, 0.1) is 29.8 Å². The van der Waals surface area contributed by atoms with E-state index in [1.165, 1.54) is 31.1 Å². The number of carbonyl (C=O) groups is 2. The topological polar surface area (TPSA) is 76.1 Å². The number of methoxy groups -OCH3 is 1. The molecule has 0 aromatic heterocycles. The number of nitrogens with zero attached hydrogens (tertiary/aromatic N) is 1. The number of hydrogen-bond donors (Lipinski definition) is 1. The molecule has 2 aliphatic rings. The Morgan fingerprint density at radius 3 is 2.17 bits per heavy atom. The first-order chi connectivity index (χ1) is 21.6. The lowest BCUT2D eigenvalue weighted by Gasteiger charge is -2.28. The van der Waals surface area contributed by atoms with Gasteiger partial charge in [-0.25, -0.2) is 14.0 Å². The van der Waals surface area contributed by atoms with Crippen LogP contribution in [0.2, 0.25) is 0 Å². The zero-order valence-corrected chi connectivity index (χ0v) is 24.6. The molecule has 1 aliphatic heterocycles. The van der Waals surface area contributed by atoms with Crippen molar-refractivity contribution in [3.63, 3.8) is 0 Å². The van der Waals surface area contributed by atoms with E-state index in [2.05, 4.69) is 0 Å². The van der Waals surface area contributed by atoms with Gasteiger partial charge in [-0.15, -0.1) is 0 Å². The summed E-state index contributed by atoms with van der Waals surface area (Å²) in [6, 6.07) is 8.78. The number of aromatic carboxylic acids is 1. The summed E-state index contributed by atoms with van der Waals surface area (Å²) in [5.41, 5.74) is -0.837. The first-order valence-electron chi connectivity index (χ1n) is 14.3. The summed E-state index contributed by atoms with van der Waals surface area (Å²) in [6.45, 7) is 1.49. The predicted octanol–water partition coefficient (Wildman–Crippen LogP) is 9.15. The van der Waals surface area contributed by atoms with Crippen molar-refractivity contribution in [3.05, 3.63) is 93.8 Å². The fraction of sp³-hybridized carbons (Fsp3) is 0.333. The average Bonchev–Trinajstić information content (AvgIpc) is 3.28. The minimum absolute atomic E-state index is 0.00796. The molecule has 2 atom stereocenters. The molecule has 3 aromatic carbocycles. The molecule has 1 saturated heterocycles. The first kappa shape index (κ1) is 32.8. The summed E-state index contributed by atoms with van der Waals surface area (Å²) >= 11 is 0. The fourth-order valence-corrected chi connectivity index (χ4v) is 5.97. The summed E-state index contributed by atoms with van der Waals surface area (Å²) in [5.74, 6) is -1.56. The highest BCUT2D eigenvalue weighted by molar-refractivity contribution is 5.88. The van der Waals surface area contributed by atoms with Gasteiger partial charge in [-0.3, -0.25) is 4.90 Å². The number of allylic oxidation sites excluding steroid dienone is 1. The van der Waals surface area contributed by atoms with E-state index < -0.39 is 59.1 Å². The van der Waals surface area contributed by atoms with Crippen LogP contribution in [-0.4, -0.2) is 41.8 Å². The molecule has 5 rings (SSSR count). The average molecular weight is 652 g/mol. The molecule has 1 heterocycles. The Morgan fingerprint density at radius 2 is 1.59 bits per heavy atom. The van der Waals surface area contributed by atoms with Crippen molar-refractivity contribution in [2.24, 2.45) is 0 Å². The zero-order valence-electron chi connectivity index (χ0n) is 24.6. The highest BCUT2D eigenvalue weighted by atomic mass is 19.4. The van der Waals surface area contributed by atoms with Crippen LogP contribution in [0.4, 0.5) is 35.5 Å². The van der Waals surface area contributed by atoms with E-state index in [9.17, 15) is 45.4 Å². The first-order valence-corrected chi connectivity index (χ1v) is 14.3. The zero-order chi connectivity index (χ0) is 33.6. The molecule has 244 valence electrons. The summed E-state index contributed by atoms with van der Waals surface area (Å²) in [5, 5.41) is 9.19. The van der Waals surface area contributed by atoms with Gasteiger partial charge < -0.3 is 14.6 Å². The number of carboxylic acids is 1. The Bertz CT molecular complexity index is 1680. The molecule has 1 fully saturated rings. The maximum Gasteiger partial charge on any atom is 0.416 e. The molecule has 1 amide bonds. The number of alkyl halides is 6. The quantitative estimate of drug-likeness (QED) is 0.258. The number of carboxylic acid groups (broad SMARTS) is 1. The molecule has 0 saturated carbocycles. The van der Waals surface area contributed by atoms with Crippen LogP contribution in [0.25, 0.3) is 16.7 Å². The number of halogens is 7. The molecular weight excluding hydrogens is 623 g/mol. The summed E-state index contributed by atoms with van der Waals surface area (Å²) in [7, 11) is 1.46. The lowest BCUT2D eigenvalue weighted by atomic mass is 9.85. The van der Waals surface area contributed by atoms with Crippen molar-refractivity contribution in [2.45, 2.75) is 57.1 Å². The second-order valence-corrected chi connectivity index (χ2v) is 11.2. The van der Waals surface area contributed by atoms with Crippen LogP contribution >= 0.6 is 0 Å². The van der Waals surface area contributed by atoms with Crippen molar-refractivity contribution < 1.29 is 54.9 Å². The maximum atomic E-state index is 15.0. The minimum atomic E-state index is -5.06. The molecule has 1 aliphatic carbocycles. The Morgan fingerprint density at radius 1 is 0.935 bits per heavy atom. The van der Waals surface area contributed by atoms with Crippen LogP contribution in [-0.2, 0) is 17.1 Å². The number of cyclic esters (lactones) is 1. The molecule has 0 spiro atoms. The Balaban J connectivity index is 1.51. The van der Waals surface area contributed by atoms with Gasteiger partial charge in [0, 0.05) is 17.7 Å². The van der Waals surface area contributed by atoms with Crippen molar-refractivity contribution in [1.82, 2.24) is 4.90 Å². The highest BCUT2D eigenvalue weighted by Crippen LogP contribution is 2.43. The van der Waals surface area contributed by atoms with Gasteiger partial charge in [-0.05, 0) is 97.3 Å². The molecule has 0 bridgehead atoms. The Labute approximate surface area is 259 Å². The van der Waals surface area contributed by atoms with Crippen LogP contribution in [0.1, 0.15) is 71.3 Å². The molecule has 46 heavy (non-hydrogen) atoms. The third-order valence-corrected chi connectivity index (χ3v) is 8.33. The standard InChI is InChI=1S/C33H28F7NO5/c1-17-29(21-11-22(32(35,36)37)15-23(12-21)33(38,39)40)46-31(44)41(17)16-20-5-3-4-6-24(20)26-13-18(8-10-28(26)45-2)25-9-7-19(30(42)43)14-27(25)34/h7-15,17,29H,3-6,16H2,1-2H3,(H,42,43)/t17?,29-/m0/s1. The van der Waals surface area contributed by atoms with E-state index in [1.54, 1.807) is 18.2 Å². The molecule has 1 unspecified atom stereocenters. The monoisotopic (exact) mass is 651 g/mol. The molecule has 6 nitrogen and oxygen atoms in total. The van der Waals surface area contributed by atoms with Crippen LogP contribution in [0.15, 0.2) is 60.2 Å². The van der Waals surface area contributed by atoms with Gasteiger partial charge in [-0.2, -0.15) is 26.3 Å². The van der Waals surface area contributed by atoms with E-state index >= 15 is 0 Å². The van der Waals surface area contributed by atoms with Crippen LogP contribution in [0, 0.1) is 5.82 Å². The van der Waals surface area contributed by atoms with Gasteiger partial charge in [-0.1, -0.05) is 12.1 Å². The van der Waals surface area contributed by atoms with Crippen molar-refractivity contribution in [1.29, 1.82) is 0 Å². The summed E-state index contributed by atoms with van der Waals surface area (Å²) < 4.78 is 107. The van der Waals surface area contributed by atoms with E-state index in [0.29, 0.717) is 41.9 Å². The second-order valence-electron chi connectivity index (χ2n) is 11.2. The summed E-state index contributed by atoms with van der Waals surface area (Å²) in [6.07, 6.45) is -9.76. The van der Waals surface area contributed by atoms with E-state index in [-0.39, 0.29) is 23.7 Å². The third-order valence-electron chi connectivity index (χ3n) is 8.33. The van der Waals surface area contributed by atoms with Crippen LogP contribution in [0.5, 0.6) is 5.75 Å². The molecule has 0 radical (unpaired) electrons. The highest BCUT2D eigenvalue weighted by Gasteiger charge is 2.43. The lowest BCUT2D eigenvalue weighted by molar-refractivity contribution is -0.143. The Kier molecular flexibility index (Phi) is 8.80. The number of hydrogen-bond acceptors (Lipinski definition) is 4. The van der Waals surface area contributed by atoms with Gasteiger partial charge in [0.1, 0.15) is 17.7 Å². The van der Waals surface area contributed by atoms with Gasteiger partial charge in [0.25, 0.3) is 0 Å². The van der Waals surface area contributed by atoms with Crippen LogP contribution in [0.3, 0.4) is 0 Å². The fourth-order valence-electron chi connectivity index (χ4n) is 5.97. The minimum Gasteiger partial charge on any atom is -0.496 e.